The molecule has 0 saturated carbocycles. The highest BCUT2D eigenvalue weighted by atomic mass is 35.5. The third-order valence-electron chi connectivity index (χ3n) is 6.69. The number of furan rings is 1. The lowest BCUT2D eigenvalue weighted by molar-refractivity contribution is -0.137. The summed E-state index contributed by atoms with van der Waals surface area (Å²) in [5, 5.41) is 7.12. The molecule has 2 saturated heterocycles. The van der Waals surface area contributed by atoms with Gasteiger partial charge >= 0.3 is 6.18 Å². The molecular formula is C26H29ClF3N3O3. The number of amides is 1. The van der Waals surface area contributed by atoms with Crippen molar-refractivity contribution in [2.45, 2.75) is 44.0 Å². The van der Waals surface area contributed by atoms with Gasteiger partial charge in [-0.05, 0) is 74.5 Å². The molecule has 2 aliphatic heterocycles. The van der Waals surface area contributed by atoms with E-state index in [2.05, 4.69) is 15.5 Å². The Morgan fingerprint density at radius 1 is 1.00 bits per heavy atom. The van der Waals surface area contributed by atoms with Crippen LogP contribution in [0.4, 0.5) is 18.9 Å². The van der Waals surface area contributed by atoms with Crippen LogP contribution in [0.25, 0.3) is 11.0 Å². The molecule has 36 heavy (non-hydrogen) atoms. The average molecular weight is 524 g/mol. The van der Waals surface area contributed by atoms with E-state index in [4.69, 9.17) is 9.15 Å². The molecule has 2 fully saturated rings. The molecule has 1 amide bonds. The first-order valence-corrected chi connectivity index (χ1v) is 12.0. The highest BCUT2D eigenvalue weighted by Crippen LogP contribution is 2.32. The summed E-state index contributed by atoms with van der Waals surface area (Å²) in [5.41, 5.74) is 0.775. The molecule has 3 heterocycles. The van der Waals surface area contributed by atoms with E-state index in [1.165, 1.54) is 12.1 Å². The van der Waals surface area contributed by atoms with Crippen molar-refractivity contribution in [2.75, 3.05) is 31.1 Å². The van der Waals surface area contributed by atoms with Gasteiger partial charge in [0.1, 0.15) is 17.4 Å². The largest absolute Gasteiger partial charge is 0.490 e. The Kier molecular flexibility index (Phi) is 8.00. The van der Waals surface area contributed by atoms with E-state index in [-0.39, 0.29) is 30.5 Å². The second kappa shape index (κ2) is 11.0. The third-order valence-corrected chi connectivity index (χ3v) is 6.69. The molecule has 2 N–H and O–H groups in total. The smallest absolute Gasteiger partial charge is 0.416 e. The van der Waals surface area contributed by atoms with Crippen molar-refractivity contribution >= 4 is 35.0 Å². The number of ether oxygens (including phenoxy) is 1. The zero-order valence-corrected chi connectivity index (χ0v) is 20.5. The fraction of sp³-hybridized carbons (Fsp3) is 0.423. The van der Waals surface area contributed by atoms with Crippen molar-refractivity contribution < 1.29 is 27.1 Å². The first-order chi connectivity index (χ1) is 16.8. The topological polar surface area (TPSA) is 66.7 Å². The summed E-state index contributed by atoms with van der Waals surface area (Å²) >= 11 is 0. The molecule has 0 atom stereocenters. The molecule has 0 radical (unpaired) electrons. The maximum absolute atomic E-state index is 12.8. The van der Waals surface area contributed by atoms with Crippen molar-refractivity contribution in [3.8, 4) is 5.75 Å². The van der Waals surface area contributed by atoms with E-state index in [1.807, 2.05) is 18.2 Å². The first-order valence-electron chi connectivity index (χ1n) is 12.0. The summed E-state index contributed by atoms with van der Waals surface area (Å²) in [5.74, 6) is 0.795. The lowest BCUT2D eigenvalue weighted by atomic mass is 10.1. The van der Waals surface area contributed by atoms with Gasteiger partial charge in [-0.1, -0.05) is 0 Å². The number of anilines is 1. The normalized spacial score (nSPS) is 17.6. The standard InChI is InChI=1S/C26H28F3N3O3.ClH/c27-26(28,29)18-1-3-20(4-2-18)32-13-9-21(10-14-32)34-22-5-6-23-17(15-22)16-24(35-23)25(33)31-19-7-11-30-12-8-19;/h1-6,15-16,19,21,30H,7-14H2,(H,31,33);1H. The molecule has 3 aromatic rings. The van der Waals surface area contributed by atoms with E-state index >= 15 is 0 Å². The number of carbonyl (C=O) groups is 1. The van der Waals surface area contributed by atoms with Crippen LogP contribution in [0.5, 0.6) is 5.75 Å². The van der Waals surface area contributed by atoms with Crippen molar-refractivity contribution in [1.29, 1.82) is 0 Å². The summed E-state index contributed by atoms with van der Waals surface area (Å²) in [4.78, 5) is 14.7. The number of rotatable bonds is 5. The van der Waals surface area contributed by atoms with Gasteiger partial charge in [0.05, 0.1) is 5.56 Å². The number of hydrogen-bond donors (Lipinski definition) is 2. The second-order valence-corrected chi connectivity index (χ2v) is 9.16. The molecule has 6 nitrogen and oxygen atoms in total. The van der Waals surface area contributed by atoms with E-state index in [1.54, 1.807) is 6.07 Å². The number of alkyl halides is 3. The zero-order chi connectivity index (χ0) is 24.4. The Labute approximate surface area is 213 Å². The molecule has 2 aromatic carbocycles. The summed E-state index contributed by atoms with van der Waals surface area (Å²) < 4.78 is 50.3. The Morgan fingerprint density at radius 2 is 1.69 bits per heavy atom. The molecule has 194 valence electrons. The Hall–Kier alpha value is -2.91. The van der Waals surface area contributed by atoms with Gasteiger partial charge in [0.2, 0.25) is 0 Å². The van der Waals surface area contributed by atoms with Crippen molar-refractivity contribution in [3.63, 3.8) is 0 Å². The third kappa shape index (κ3) is 6.07. The van der Waals surface area contributed by atoms with Gasteiger partial charge in [0.15, 0.2) is 5.76 Å². The molecular weight excluding hydrogens is 495 g/mol. The average Bonchev–Trinajstić information content (AvgIpc) is 3.29. The first kappa shape index (κ1) is 26.2. The number of fused-ring (bicyclic) bond motifs is 1. The minimum atomic E-state index is -4.33. The Bertz CT molecular complexity index is 1170. The van der Waals surface area contributed by atoms with Gasteiger partial charge in [-0.25, -0.2) is 0 Å². The van der Waals surface area contributed by atoms with Crippen LogP contribution < -0.4 is 20.3 Å². The summed E-state index contributed by atoms with van der Waals surface area (Å²) in [6.07, 6.45) is -0.994. The van der Waals surface area contributed by atoms with Crippen molar-refractivity contribution in [2.24, 2.45) is 0 Å². The Morgan fingerprint density at radius 3 is 2.36 bits per heavy atom. The Balaban J connectivity index is 0.00000304. The number of benzene rings is 2. The number of hydrogen-bond acceptors (Lipinski definition) is 5. The second-order valence-electron chi connectivity index (χ2n) is 9.16. The molecule has 0 spiro atoms. The molecule has 0 aliphatic carbocycles. The van der Waals surface area contributed by atoms with Crippen LogP contribution in [0, 0.1) is 0 Å². The van der Waals surface area contributed by atoms with E-state index in [9.17, 15) is 18.0 Å². The van der Waals surface area contributed by atoms with Gasteiger partial charge in [0, 0.05) is 43.0 Å². The predicted octanol–water partition coefficient (Wildman–Crippen LogP) is 5.40. The fourth-order valence-electron chi connectivity index (χ4n) is 4.71. The maximum atomic E-state index is 12.8. The monoisotopic (exact) mass is 523 g/mol. The lowest BCUT2D eigenvalue weighted by Gasteiger charge is -2.33. The number of piperidine rings is 2. The predicted molar refractivity (Wildman–Crippen MR) is 134 cm³/mol. The van der Waals surface area contributed by atoms with Gasteiger partial charge < -0.3 is 24.7 Å². The van der Waals surface area contributed by atoms with Crippen LogP contribution in [0.3, 0.4) is 0 Å². The van der Waals surface area contributed by atoms with Crippen molar-refractivity contribution in [3.05, 3.63) is 59.9 Å². The molecule has 0 bridgehead atoms. The summed E-state index contributed by atoms with van der Waals surface area (Å²) in [6.45, 7) is 3.19. The lowest BCUT2D eigenvalue weighted by Crippen LogP contribution is -2.42. The van der Waals surface area contributed by atoms with Gasteiger partial charge in [0.25, 0.3) is 5.91 Å². The van der Waals surface area contributed by atoms with Crippen LogP contribution in [0.15, 0.2) is 52.9 Å². The minimum absolute atomic E-state index is 0. The van der Waals surface area contributed by atoms with Crippen LogP contribution in [0.1, 0.15) is 41.8 Å². The van der Waals surface area contributed by atoms with Crippen LogP contribution in [-0.4, -0.2) is 44.2 Å². The maximum Gasteiger partial charge on any atom is 0.416 e. The SMILES string of the molecule is Cl.O=C(NC1CCNCC1)c1cc2cc(OC3CCN(c4ccc(C(F)(F)F)cc4)CC3)ccc2o1. The zero-order valence-electron chi connectivity index (χ0n) is 19.6. The summed E-state index contributed by atoms with van der Waals surface area (Å²) in [6, 6.07) is 12.7. The van der Waals surface area contributed by atoms with Crippen LogP contribution >= 0.6 is 12.4 Å². The van der Waals surface area contributed by atoms with Gasteiger partial charge in [-0.15, -0.1) is 12.4 Å². The van der Waals surface area contributed by atoms with Crippen LogP contribution in [-0.2, 0) is 6.18 Å². The molecule has 2 aliphatic rings. The van der Waals surface area contributed by atoms with Gasteiger partial charge in [-0.2, -0.15) is 13.2 Å². The molecule has 5 rings (SSSR count). The van der Waals surface area contributed by atoms with Crippen molar-refractivity contribution in [1.82, 2.24) is 10.6 Å². The van der Waals surface area contributed by atoms with E-state index in [0.717, 1.165) is 62.0 Å². The number of nitrogens with zero attached hydrogens (tertiary/aromatic N) is 1. The number of nitrogens with one attached hydrogen (secondary N) is 2. The quantitative estimate of drug-likeness (QED) is 0.468. The summed E-state index contributed by atoms with van der Waals surface area (Å²) in [7, 11) is 0. The molecule has 10 heteroatoms. The fourth-order valence-corrected chi connectivity index (χ4v) is 4.71. The highest BCUT2D eigenvalue weighted by Gasteiger charge is 2.30. The number of halogens is 4. The van der Waals surface area contributed by atoms with Crippen LogP contribution in [0.2, 0.25) is 0 Å². The number of carbonyl (C=O) groups excluding carboxylic acids is 1. The minimum Gasteiger partial charge on any atom is -0.490 e. The highest BCUT2D eigenvalue weighted by molar-refractivity contribution is 5.96. The molecule has 0 unspecified atom stereocenters. The van der Waals surface area contributed by atoms with E-state index < -0.39 is 11.7 Å². The van der Waals surface area contributed by atoms with E-state index in [0.29, 0.717) is 30.2 Å². The van der Waals surface area contributed by atoms with Gasteiger partial charge in [-0.3, -0.25) is 4.79 Å². The molecule has 1 aromatic heterocycles.